The van der Waals surface area contributed by atoms with E-state index in [4.69, 9.17) is 7.85 Å². The molecule has 0 N–H and O–H groups in total. The molecule has 1 aliphatic carbocycles. The Morgan fingerprint density at radius 3 is 2.55 bits per heavy atom. The van der Waals surface area contributed by atoms with Crippen LogP contribution in [-0.2, 0) is 0 Å². The lowest BCUT2D eigenvalue weighted by Crippen LogP contribution is -2.17. The van der Waals surface area contributed by atoms with Gasteiger partial charge in [-0.25, -0.2) is 0 Å². The van der Waals surface area contributed by atoms with Crippen LogP contribution in [0.5, 0.6) is 0 Å². The molecule has 0 aromatic heterocycles. The summed E-state index contributed by atoms with van der Waals surface area (Å²) in [6.45, 7) is 5.89. The zero-order chi connectivity index (χ0) is 8.32. The molecule has 1 aliphatic rings. The molecule has 1 heteroatoms. The van der Waals surface area contributed by atoms with Gasteiger partial charge in [-0.15, -0.1) is 6.58 Å². The van der Waals surface area contributed by atoms with Crippen LogP contribution in [0.1, 0.15) is 39.0 Å². The molecular weight excluding hydrogens is 131 g/mol. The van der Waals surface area contributed by atoms with Gasteiger partial charge in [0.05, 0.1) is 7.85 Å². The minimum absolute atomic E-state index is 0.0122. The van der Waals surface area contributed by atoms with E-state index < -0.39 is 0 Å². The van der Waals surface area contributed by atoms with E-state index in [9.17, 15) is 0 Å². The Morgan fingerprint density at radius 1 is 1.55 bits per heavy atom. The Kier molecular flexibility index (Phi) is 2.81. The van der Waals surface area contributed by atoms with Crippen LogP contribution in [0.3, 0.4) is 0 Å². The summed E-state index contributed by atoms with van der Waals surface area (Å²) in [6, 6.07) is 0. The van der Waals surface area contributed by atoms with Gasteiger partial charge in [-0.1, -0.05) is 44.0 Å². The molecule has 1 atom stereocenters. The van der Waals surface area contributed by atoms with Crippen LogP contribution in [0.25, 0.3) is 0 Å². The van der Waals surface area contributed by atoms with Gasteiger partial charge in [0.15, 0.2) is 0 Å². The molecule has 1 rings (SSSR count). The van der Waals surface area contributed by atoms with Gasteiger partial charge in [0.2, 0.25) is 0 Å². The van der Waals surface area contributed by atoms with Crippen molar-refractivity contribution < 1.29 is 0 Å². The Balaban J connectivity index is 2.47. The molecule has 60 valence electrons. The maximum atomic E-state index is 6.16. The van der Waals surface area contributed by atoms with Crippen molar-refractivity contribution in [1.82, 2.24) is 0 Å². The lowest BCUT2D eigenvalue weighted by Gasteiger charge is -2.30. The highest BCUT2D eigenvalue weighted by Crippen LogP contribution is 2.45. The second-order valence-corrected chi connectivity index (χ2v) is 3.98. The van der Waals surface area contributed by atoms with Crippen molar-refractivity contribution in [2.24, 2.45) is 5.92 Å². The fourth-order valence-electron chi connectivity index (χ4n) is 2.06. The molecule has 0 bridgehead atoms. The summed E-state index contributed by atoms with van der Waals surface area (Å²) < 4.78 is 0. The molecule has 2 radical (unpaired) electrons. The van der Waals surface area contributed by atoms with Crippen LogP contribution in [0.15, 0.2) is 12.7 Å². The van der Waals surface area contributed by atoms with Crippen LogP contribution >= 0.6 is 0 Å². The Bertz CT molecular complexity index is 132. The Morgan fingerprint density at radius 2 is 2.09 bits per heavy atom. The van der Waals surface area contributed by atoms with Crippen molar-refractivity contribution in [3.05, 3.63) is 12.7 Å². The van der Waals surface area contributed by atoms with Crippen LogP contribution in [0, 0.1) is 5.92 Å². The number of allylic oxidation sites excluding steroid dienone is 1. The third-order valence-electron chi connectivity index (χ3n) is 2.87. The van der Waals surface area contributed by atoms with E-state index in [1.165, 1.54) is 25.7 Å². The third kappa shape index (κ3) is 2.11. The molecular formula is C10H17B. The first-order valence-electron chi connectivity index (χ1n) is 4.56. The van der Waals surface area contributed by atoms with Crippen molar-refractivity contribution in [2.75, 3.05) is 0 Å². The van der Waals surface area contributed by atoms with Crippen LogP contribution in [0.2, 0.25) is 5.31 Å². The Labute approximate surface area is 71.5 Å². The van der Waals surface area contributed by atoms with Gasteiger partial charge in [0.1, 0.15) is 0 Å². The van der Waals surface area contributed by atoms with Gasteiger partial charge in [-0.05, 0) is 12.3 Å². The normalized spacial score (nSPS) is 24.8. The fourth-order valence-corrected chi connectivity index (χ4v) is 2.06. The van der Waals surface area contributed by atoms with Gasteiger partial charge in [-0.3, -0.25) is 0 Å². The van der Waals surface area contributed by atoms with E-state index >= 15 is 0 Å². The second kappa shape index (κ2) is 3.47. The molecule has 0 amide bonds. The highest BCUT2D eigenvalue weighted by molar-refractivity contribution is 6.15. The summed E-state index contributed by atoms with van der Waals surface area (Å²) in [5.41, 5.74) is 0. The van der Waals surface area contributed by atoms with Crippen molar-refractivity contribution in [1.29, 1.82) is 0 Å². The van der Waals surface area contributed by atoms with Crippen molar-refractivity contribution in [3.8, 4) is 0 Å². The molecule has 0 aromatic carbocycles. The van der Waals surface area contributed by atoms with Crippen LogP contribution < -0.4 is 0 Å². The Hall–Kier alpha value is -0.195. The van der Waals surface area contributed by atoms with E-state index in [0.29, 0.717) is 0 Å². The minimum atomic E-state index is 0.0122. The zero-order valence-corrected chi connectivity index (χ0v) is 7.47. The number of rotatable bonds is 3. The van der Waals surface area contributed by atoms with E-state index in [0.717, 1.165) is 12.3 Å². The summed E-state index contributed by atoms with van der Waals surface area (Å²) in [5, 5.41) is 0.0122. The predicted molar refractivity (Wildman–Crippen MR) is 50.9 cm³/mol. The van der Waals surface area contributed by atoms with Gasteiger partial charge in [-0.2, -0.15) is 0 Å². The molecule has 11 heavy (non-hydrogen) atoms. The molecule has 1 saturated carbocycles. The lowest BCUT2D eigenvalue weighted by atomic mass is 9.59. The maximum absolute atomic E-state index is 6.16. The summed E-state index contributed by atoms with van der Waals surface area (Å²) in [4.78, 5) is 0. The highest BCUT2D eigenvalue weighted by atomic mass is 14.3. The second-order valence-electron chi connectivity index (χ2n) is 3.98. The molecule has 0 saturated heterocycles. The first-order valence-corrected chi connectivity index (χ1v) is 4.56. The molecule has 0 heterocycles. The smallest absolute Gasteiger partial charge is 0.0750 e. The van der Waals surface area contributed by atoms with Crippen molar-refractivity contribution in [3.63, 3.8) is 0 Å². The molecule has 1 fully saturated rings. The fraction of sp³-hybridized carbons (Fsp3) is 0.800. The quantitative estimate of drug-likeness (QED) is 0.426. The highest BCUT2D eigenvalue weighted by Gasteiger charge is 2.29. The van der Waals surface area contributed by atoms with Gasteiger partial charge >= 0.3 is 0 Å². The predicted octanol–water partition coefficient (Wildman–Crippen LogP) is 3.10. The molecule has 0 spiro atoms. The van der Waals surface area contributed by atoms with E-state index in [1.807, 2.05) is 6.08 Å². The first-order chi connectivity index (χ1) is 5.17. The van der Waals surface area contributed by atoms with E-state index in [2.05, 4.69) is 13.5 Å². The van der Waals surface area contributed by atoms with Gasteiger partial charge in [0.25, 0.3) is 0 Å². The first kappa shape index (κ1) is 8.90. The molecule has 0 aromatic rings. The lowest BCUT2D eigenvalue weighted by molar-refractivity contribution is 0.392. The standard InChI is InChI=1S/C10H17B/c1-3-8-10(2,11)9-6-4-5-7-9/h3,9H,1,4-8H2,2H3. The monoisotopic (exact) mass is 148 g/mol. The topological polar surface area (TPSA) is 0 Å². The minimum Gasteiger partial charge on any atom is -0.103 e. The largest absolute Gasteiger partial charge is 0.103 e. The molecule has 1 unspecified atom stereocenters. The maximum Gasteiger partial charge on any atom is 0.0750 e. The van der Waals surface area contributed by atoms with Gasteiger partial charge < -0.3 is 0 Å². The van der Waals surface area contributed by atoms with E-state index in [-0.39, 0.29) is 5.31 Å². The van der Waals surface area contributed by atoms with Crippen LogP contribution in [0.4, 0.5) is 0 Å². The number of hydrogen-bond acceptors (Lipinski definition) is 0. The summed E-state index contributed by atoms with van der Waals surface area (Å²) in [7, 11) is 6.16. The third-order valence-corrected chi connectivity index (χ3v) is 2.87. The summed E-state index contributed by atoms with van der Waals surface area (Å²) >= 11 is 0. The average Bonchev–Trinajstić information content (AvgIpc) is 2.37. The SMILES string of the molecule is [B]C(C)(CC=C)C1CCCC1. The van der Waals surface area contributed by atoms with Crippen LogP contribution in [-0.4, -0.2) is 7.85 Å². The summed E-state index contributed by atoms with van der Waals surface area (Å²) in [6.07, 6.45) is 8.28. The van der Waals surface area contributed by atoms with Crippen molar-refractivity contribution in [2.45, 2.75) is 44.3 Å². The zero-order valence-electron chi connectivity index (χ0n) is 7.47. The van der Waals surface area contributed by atoms with E-state index in [1.54, 1.807) is 0 Å². The van der Waals surface area contributed by atoms with Crippen molar-refractivity contribution >= 4 is 7.85 Å². The summed E-state index contributed by atoms with van der Waals surface area (Å²) in [5.74, 6) is 0.737. The molecule has 0 aliphatic heterocycles. The average molecular weight is 148 g/mol. The van der Waals surface area contributed by atoms with Gasteiger partial charge in [0, 0.05) is 0 Å². The molecule has 0 nitrogen and oxygen atoms in total. The number of hydrogen-bond donors (Lipinski definition) is 0.